The van der Waals surface area contributed by atoms with Gasteiger partial charge >= 0.3 is 6.03 Å². The number of benzene rings is 1. The van der Waals surface area contributed by atoms with Gasteiger partial charge in [0, 0.05) is 30.0 Å². The fourth-order valence-electron chi connectivity index (χ4n) is 3.28. The van der Waals surface area contributed by atoms with Crippen molar-refractivity contribution >= 4 is 22.6 Å². The third kappa shape index (κ3) is 2.54. The second-order valence-corrected chi connectivity index (χ2v) is 5.79. The number of aromatic nitrogens is 2. The highest BCUT2D eigenvalue weighted by molar-refractivity contribution is 5.99. The van der Waals surface area contributed by atoms with Crippen LogP contribution in [0.15, 0.2) is 54.9 Å². The Labute approximate surface area is 134 Å². The highest BCUT2D eigenvalue weighted by Gasteiger charge is 2.30. The summed E-state index contributed by atoms with van der Waals surface area (Å²) in [6.45, 7) is 0.772. The molecule has 0 unspecified atom stereocenters. The molecule has 2 N–H and O–H groups in total. The number of pyridine rings is 1. The average Bonchev–Trinajstić information content (AvgIpc) is 3.26. The number of rotatable bonds is 2. The SMILES string of the molecule is O=C(Nc1cccc2cccnc12)N1CCC[C@@H]1c1ccc[nH]1. The highest BCUT2D eigenvalue weighted by atomic mass is 16.2. The molecule has 0 bridgehead atoms. The van der Waals surface area contributed by atoms with Crippen LogP contribution in [0.25, 0.3) is 10.9 Å². The van der Waals surface area contributed by atoms with Crippen LogP contribution >= 0.6 is 0 Å². The number of carbonyl (C=O) groups is 1. The van der Waals surface area contributed by atoms with Crippen molar-refractivity contribution < 1.29 is 4.79 Å². The molecule has 1 atom stereocenters. The second-order valence-electron chi connectivity index (χ2n) is 5.79. The lowest BCUT2D eigenvalue weighted by Crippen LogP contribution is -2.34. The van der Waals surface area contributed by atoms with Crippen LogP contribution in [-0.2, 0) is 0 Å². The number of aromatic amines is 1. The van der Waals surface area contributed by atoms with Crippen molar-refractivity contribution in [2.45, 2.75) is 18.9 Å². The van der Waals surface area contributed by atoms with E-state index in [1.54, 1.807) is 6.20 Å². The predicted octanol–water partition coefficient (Wildman–Crippen LogP) is 3.93. The molecular weight excluding hydrogens is 288 g/mol. The maximum absolute atomic E-state index is 12.7. The zero-order valence-electron chi connectivity index (χ0n) is 12.7. The molecule has 1 fully saturated rings. The zero-order chi connectivity index (χ0) is 15.6. The van der Waals surface area contributed by atoms with Crippen LogP contribution in [0.4, 0.5) is 10.5 Å². The van der Waals surface area contributed by atoms with Gasteiger partial charge in [-0.1, -0.05) is 18.2 Å². The van der Waals surface area contributed by atoms with Crippen molar-refractivity contribution in [2.75, 3.05) is 11.9 Å². The summed E-state index contributed by atoms with van der Waals surface area (Å²) >= 11 is 0. The molecule has 0 radical (unpaired) electrons. The maximum atomic E-state index is 12.7. The molecule has 1 saturated heterocycles. The summed E-state index contributed by atoms with van der Waals surface area (Å²) in [6.07, 6.45) is 5.65. The van der Waals surface area contributed by atoms with Gasteiger partial charge in [0.2, 0.25) is 0 Å². The number of anilines is 1. The first-order chi connectivity index (χ1) is 11.3. The van der Waals surface area contributed by atoms with E-state index < -0.39 is 0 Å². The number of likely N-dealkylation sites (tertiary alicyclic amines) is 1. The van der Waals surface area contributed by atoms with Gasteiger partial charge in [0.15, 0.2) is 0 Å². The van der Waals surface area contributed by atoms with Crippen molar-refractivity contribution in [3.8, 4) is 0 Å². The quantitative estimate of drug-likeness (QED) is 0.753. The summed E-state index contributed by atoms with van der Waals surface area (Å²) in [5.74, 6) is 0. The topological polar surface area (TPSA) is 61.0 Å². The lowest BCUT2D eigenvalue weighted by molar-refractivity contribution is 0.206. The standard InChI is InChI=1S/C18H18N4O/c23-18(22-12-4-9-16(22)14-8-3-10-19-14)21-15-7-1-5-13-6-2-11-20-17(13)15/h1-3,5-8,10-11,16,19H,4,9,12H2,(H,21,23)/t16-/m1/s1. The first-order valence-corrected chi connectivity index (χ1v) is 7.87. The number of hydrogen-bond donors (Lipinski definition) is 2. The molecule has 2 amide bonds. The molecule has 0 aliphatic carbocycles. The summed E-state index contributed by atoms with van der Waals surface area (Å²) in [5, 5.41) is 4.05. The minimum Gasteiger partial charge on any atom is -0.363 e. The maximum Gasteiger partial charge on any atom is 0.322 e. The molecule has 1 aliphatic heterocycles. The van der Waals surface area contributed by atoms with Crippen LogP contribution in [0.2, 0.25) is 0 Å². The van der Waals surface area contributed by atoms with E-state index in [9.17, 15) is 4.79 Å². The van der Waals surface area contributed by atoms with Gasteiger partial charge in [-0.3, -0.25) is 4.98 Å². The minimum atomic E-state index is -0.0692. The monoisotopic (exact) mass is 306 g/mol. The van der Waals surface area contributed by atoms with Gasteiger partial charge in [0.1, 0.15) is 0 Å². The molecule has 23 heavy (non-hydrogen) atoms. The van der Waals surface area contributed by atoms with Crippen molar-refractivity contribution in [3.05, 3.63) is 60.6 Å². The molecule has 116 valence electrons. The second kappa shape index (κ2) is 5.76. The third-order valence-electron chi connectivity index (χ3n) is 4.37. The molecule has 3 heterocycles. The van der Waals surface area contributed by atoms with Crippen LogP contribution in [0.5, 0.6) is 0 Å². The lowest BCUT2D eigenvalue weighted by atomic mass is 10.1. The van der Waals surface area contributed by atoms with Gasteiger partial charge in [-0.05, 0) is 37.1 Å². The van der Waals surface area contributed by atoms with Crippen LogP contribution in [0, 0.1) is 0 Å². The molecule has 2 aromatic heterocycles. The van der Waals surface area contributed by atoms with Crippen LogP contribution in [-0.4, -0.2) is 27.4 Å². The number of nitrogens with one attached hydrogen (secondary N) is 2. The largest absolute Gasteiger partial charge is 0.363 e. The molecule has 4 rings (SSSR count). The van der Waals surface area contributed by atoms with Crippen LogP contribution < -0.4 is 5.32 Å². The Morgan fingerprint density at radius 3 is 3.00 bits per heavy atom. The van der Waals surface area contributed by atoms with Gasteiger partial charge in [0.05, 0.1) is 17.2 Å². The predicted molar refractivity (Wildman–Crippen MR) is 90.2 cm³/mol. The lowest BCUT2D eigenvalue weighted by Gasteiger charge is -2.24. The average molecular weight is 306 g/mol. The number of H-pyrrole nitrogens is 1. The third-order valence-corrected chi connectivity index (χ3v) is 4.37. The van der Waals surface area contributed by atoms with E-state index >= 15 is 0 Å². The minimum absolute atomic E-state index is 0.0692. The molecule has 5 heteroatoms. The Kier molecular flexibility index (Phi) is 3.46. The first kappa shape index (κ1) is 13.8. The summed E-state index contributed by atoms with van der Waals surface area (Å²) in [6, 6.07) is 13.8. The molecule has 0 saturated carbocycles. The van der Waals surface area contributed by atoms with Gasteiger partial charge in [-0.15, -0.1) is 0 Å². The highest BCUT2D eigenvalue weighted by Crippen LogP contribution is 2.31. The molecule has 3 aromatic rings. The number of para-hydroxylation sites is 1. The molecule has 5 nitrogen and oxygen atoms in total. The Morgan fingerprint density at radius 1 is 1.22 bits per heavy atom. The number of hydrogen-bond acceptors (Lipinski definition) is 2. The van der Waals surface area contributed by atoms with E-state index in [-0.39, 0.29) is 12.1 Å². The molecule has 0 spiro atoms. The van der Waals surface area contributed by atoms with E-state index in [2.05, 4.69) is 15.3 Å². The van der Waals surface area contributed by atoms with Crippen molar-refractivity contribution in [1.82, 2.24) is 14.9 Å². The van der Waals surface area contributed by atoms with Gasteiger partial charge in [0.25, 0.3) is 0 Å². The number of amides is 2. The molecular formula is C18H18N4O. The Hall–Kier alpha value is -2.82. The van der Waals surface area contributed by atoms with E-state index in [0.29, 0.717) is 0 Å². The number of carbonyl (C=O) groups excluding carboxylic acids is 1. The fourth-order valence-corrected chi connectivity index (χ4v) is 3.28. The normalized spacial score (nSPS) is 17.6. The summed E-state index contributed by atoms with van der Waals surface area (Å²) in [5.41, 5.74) is 2.66. The van der Waals surface area contributed by atoms with Gasteiger partial charge in [-0.25, -0.2) is 4.79 Å². The smallest absolute Gasteiger partial charge is 0.322 e. The zero-order valence-corrected chi connectivity index (χ0v) is 12.7. The summed E-state index contributed by atoms with van der Waals surface area (Å²) in [7, 11) is 0. The fraction of sp³-hybridized carbons (Fsp3) is 0.222. The number of fused-ring (bicyclic) bond motifs is 1. The number of nitrogens with zero attached hydrogens (tertiary/aromatic N) is 2. The van der Waals surface area contributed by atoms with Crippen molar-refractivity contribution in [2.24, 2.45) is 0 Å². The molecule has 1 aromatic carbocycles. The summed E-state index contributed by atoms with van der Waals surface area (Å²) < 4.78 is 0. The first-order valence-electron chi connectivity index (χ1n) is 7.87. The Bertz CT molecular complexity index is 823. The van der Waals surface area contributed by atoms with E-state index in [1.165, 1.54) is 0 Å². The van der Waals surface area contributed by atoms with Crippen LogP contribution in [0.1, 0.15) is 24.6 Å². The van der Waals surface area contributed by atoms with Gasteiger partial charge in [-0.2, -0.15) is 0 Å². The van der Waals surface area contributed by atoms with E-state index in [1.807, 2.05) is 53.6 Å². The van der Waals surface area contributed by atoms with Crippen LogP contribution in [0.3, 0.4) is 0 Å². The summed E-state index contributed by atoms with van der Waals surface area (Å²) in [4.78, 5) is 22.2. The van der Waals surface area contributed by atoms with E-state index in [0.717, 1.165) is 41.7 Å². The number of urea groups is 1. The van der Waals surface area contributed by atoms with Gasteiger partial charge < -0.3 is 15.2 Å². The van der Waals surface area contributed by atoms with Crippen molar-refractivity contribution in [3.63, 3.8) is 0 Å². The van der Waals surface area contributed by atoms with E-state index in [4.69, 9.17) is 0 Å². The Morgan fingerprint density at radius 2 is 2.13 bits per heavy atom. The Balaban J connectivity index is 1.59. The van der Waals surface area contributed by atoms with Crippen molar-refractivity contribution in [1.29, 1.82) is 0 Å². The molecule has 1 aliphatic rings.